The monoisotopic (exact) mass is 332 g/mol. The molecule has 5 nitrogen and oxygen atoms in total. The van der Waals surface area contributed by atoms with Gasteiger partial charge in [-0.1, -0.05) is 43.3 Å². The van der Waals surface area contributed by atoms with Crippen molar-refractivity contribution in [2.75, 3.05) is 11.0 Å². The molecule has 1 amide bonds. The second-order valence-corrected chi connectivity index (χ2v) is 7.05. The first-order chi connectivity index (χ1) is 10.9. The van der Waals surface area contributed by atoms with Gasteiger partial charge in [0.15, 0.2) is 0 Å². The molecule has 0 aliphatic heterocycles. The maximum absolute atomic E-state index is 12.4. The van der Waals surface area contributed by atoms with Crippen LogP contribution in [0.2, 0.25) is 0 Å². The van der Waals surface area contributed by atoms with Crippen LogP contribution in [0, 0.1) is 0 Å². The van der Waals surface area contributed by atoms with E-state index in [1.807, 2.05) is 37.3 Å². The number of hydrogen-bond acceptors (Lipinski definition) is 3. The lowest BCUT2D eigenvalue weighted by atomic mass is 10.0. The van der Waals surface area contributed by atoms with Gasteiger partial charge < -0.3 is 5.32 Å². The Balaban J connectivity index is 2.15. The van der Waals surface area contributed by atoms with Gasteiger partial charge in [0.2, 0.25) is 10.0 Å². The molecule has 2 N–H and O–H groups in total. The number of benzene rings is 2. The lowest BCUT2D eigenvalue weighted by Crippen LogP contribution is -2.28. The van der Waals surface area contributed by atoms with Crippen LogP contribution in [-0.4, -0.2) is 20.6 Å². The van der Waals surface area contributed by atoms with Gasteiger partial charge in [-0.2, -0.15) is 0 Å². The van der Waals surface area contributed by atoms with Gasteiger partial charge in [0.1, 0.15) is 0 Å². The number of hydrogen-bond donors (Lipinski definition) is 2. The van der Waals surface area contributed by atoms with Crippen LogP contribution in [0.25, 0.3) is 0 Å². The van der Waals surface area contributed by atoms with Crippen LogP contribution in [0.4, 0.5) is 5.69 Å². The Hall–Kier alpha value is -2.34. The highest BCUT2D eigenvalue weighted by atomic mass is 32.2. The van der Waals surface area contributed by atoms with Crippen molar-refractivity contribution in [3.8, 4) is 0 Å². The highest BCUT2D eigenvalue weighted by Crippen LogP contribution is 2.18. The Kier molecular flexibility index (Phi) is 5.39. The molecule has 0 bridgehead atoms. The van der Waals surface area contributed by atoms with Crippen molar-refractivity contribution in [2.45, 2.75) is 19.4 Å². The molecule has 2 rings (SSSR count). The molecular weight excluding hydrogens is 312 g/mol. The van der Waals surface area contributed by atoms with E-state index in [0.717, 1.165) is 18.2 Å². The van der Waals surface area contributed by atoms with Crippen molar-refractivity contribution in [2.24, 2.45) is 0 Å². The van der Waals surface area contributed by atoms with E-state index >= 15 is 0 Å². The standard InChI is InChI=1S/C17H20N2O3S/c1-3-16(13-8-5-4-6-9-13)18-17(20)14-10-7-11-15(12-14)19-23(2,21)22/h4-12,16,19H,3H2,1-2H3,(H,18,20)/t16-/m1/s1. The van der Waals surface area contributed by atoms with Gasteiger partial charge in [-0.25, -0.2) is 8.42 Å². The minimum atomic E-state index is -3.37. The number of rotatable bonds is 6. The van der Waals surface area contributed by atoms with E-state index in [-0.39, 0.29) is 11.9 Å². The summed E-state index contributed by atoms with van der Waals surface area (Å²) in [5, 5.41) is 2.97. The molecule has 2 aromatic carbocycles. The maximum atomic E-state index is 12.4. The number of carbonyl (C=O) groups is 1. The predicted octanol–water partition coefficient (Wildman–Crippen LogP) is 2.94. The molecule has 23 heavy (non-hydrogen) atoms. The highest BCUT2D eigenvalue weighted by molar-refractivity contribution is 7.92. The van der Waals surface area contributed by atoms with Crippen molar-refractivity contribution >= 4 is 21.6 Å². The largest absolute Gasteiger partial charge is 0.345 e. The Labute approximate surface area is 136 Å². The third-order valence-electron chi connectivity index (χ3n) is 3.34. The molecule has 0 saturated carbocycles. The molecule has 0 radical (unpaired) electrons. The quantitative estimate of drug-likeness (QED) is 0.854. The topological polar surface area (TPSA) is 75.3 Å². The maximum Gasteiger partial charge on any atom is 0.251 e. The smallest absolute Gasteiger partial charge is 0.251 e. The summed E-state index contributed by atoms with van der Waals surface area (Å²) in [6, 6.07) is 16.1. The van der Waals surface area contributed by atoms with Crippen molar-refractivity contribution in [3.63, 3.8) is 0 Å². The molecule has 2 aromatic rings. The van der Waals surface area contributed by atoms with E-state index in [1.54, 1.807) is 18.2 Å². The number of amides is 1. The molecule has 6 heteroatoms. The van der Waals surface area contributed by atoms with Crippen molar-refractivity contribution < 1.29 is 13.2 Å². The van der Waals surface area contributed by atoms with E-state index in [2.05, 4.69) is 10.0 Å². The van der Waals surface area contributed by atoms with Crippen LogP contribution in [0.3, 0.4) is 0 Å². The number of carbonyl (C=O) groups excluding carboxylic acids is 1. The number of anilines is 1. The molecule has 0 aliphatic rings. The van der Waals surface area contributed by atoms with E-state index in [4.69, 9.17) is 0 Å². The summed E-state index contributed by atoms with van der Waals surface area (Å²) in [4.78, 5) is 12.4. The predicted molar refractivity (Wildman–Crippen MR) is 91.8 cm³/mol. The number of nitrogens with one attached hydrogen (secondary N) is 2. The molecule has 0 spiro atoms. The summed E-state index contributed by atoms with van der Waals surface area (Å²) in [6.45, 7) is 2.00. The molecule has 1 atom stereocenters. The second-order valence-electron chi connectivity index (χ2n) is 5.30. The molecule has 0 saturated heterocycles. The Morgan fingerprint density at radius 3 is 2.39 bits per heavy atom. The van der Waals surface area contributed by atoms with Crippen LogP contribution >= 0.6 is 0 Å². The Morgan fingerprint density at radius 2 is 1.78 bits per heavy atom. The van der Waals surface area contributed by atoms with E-state index in [1.165, 1.54) is 6.07 Å². The van der Waals surface area contributed by atoms with Crippen molar-refractivity contribution in [1.29, 1.82) is 0 Å². The van der Waals surface area contributed by atoms with Gasteiger partial charge in [0.25, 0.3) is 5.91 Å². The van der Waals surface area contributed by atoms with Crippen LogP contribution in [-0.2, 0) is 10.0 Å². The fraction of sp³-hybridized carbons (Fsp3) is 0.235. The first-order valence-corrected chi connectivity index (χ1v) is 9.22. The average Bonchev–Trinajstić information content (AvgIpc) is 2.52. The zero-order chi connectivity index (χ0) is 16.9. The van der Waals surface area contributed by atoms with Crippen LogP contribution in [0.5, 0.6) is 0 Å². The summed E-state index contributed by atoms with van der Waals surface area (Å²) in [5.41, 5.74) is 1.81. The SMILES string of the molecule is CC[C@@H](NC(=O)c1cccc(NS(C)(=O)=O)c1)c1ccccc1. The van der Waals surface area contributed by atoms with Crippen LogP contribution < -0.4 is 10.0 Å². The molecule has 0 aliphatic carbocycles. The van der Waals surface area contributed by atoms with Crippen LogP contribution in [0.15, 0.2) is 54.6 Å². The van der Waals surface area contributed by atoms with Crippen LogP contribution in [0.1, 0.15) is 35.3 Å². The fourth-order valence-corrected chi connectivity index (χ4v) is 2.84. The summed E-state index contributed by atoms with van der Waals surface area (Å²) in [7, 11) is -3.37. The summed E-state index contributed by atoms with van der Waals surface area (Å²) < 4.78 is 24.9. The van der Waals surface area contributed by atoms with Crippen molar-refractivity contribution in [3.05, 3.63) is 65.7 Å². The highest BCUT2D eigenvalue weighted by Gasteiger charge is 2.14. The van der Waals surface area contributed by atoms with Crippen molar-refractivity contribution in [1.82, 2.24) is 5.32 Å². The fourth-order valence-electron chi connectivity index (χ4n) is 2.29. The summed E-state index contributed by atoms with van der Waals surface area (Å²) in [5.74, 6) is -0.238. The molecular formula is C17H20N2O3S. The van der Waals surface area contributed by atoms with Gasteiger partial charge in [-0.05, 0) is 30.2 Å². The lowest BCUT2D eigenvalue weighted by molar-refractivity contribution is 0.0935. The summed E-state index contributed by atoms with van der Waals surface area (Å²) in [6.07, 6.45) is 1.83. The summed E-state index contributed by atoms with van der Waals surface area (Å²) >= 11 is 0. The molecule has 0 unspecified atom stereocenters. The third-order valence-corrected chi connectivity index (χ3v) is 3.95. The van der Waals surface area contributed by atoms with E-state index in [0.29, 0.717) is 11.3 Å². The zero-order valence-corrected chi connectivity index (χ0v) is 13.9. The van der Waals surface area contributed by atoms with E-state index < -0.39 is 10.0 Å². The van der Waals surface area contributed by atoms with Gasteiger partial charge in [0.05, 0.1) is 12.3 Å². The molecule has 0 fully saturated rings. The zero-order valence-electron chi connectivity index (χ0n) is 13.1. The molecule has 122 valence electrons. The molecule has 0 aromatic heterocycles. The first-order valence-electron chi connectivity index (χ1n) is 7.32. The van der Waals surface area contributed by atoms with Gasteiger partial charge in [0, 0.05) is 11.3 Å². The minimum Gasteiger partial charge on any atom is -0.345 e. The van der Waals surface area contributed by atoms with Gasteiger partial charge in [-0.3, -0.25) is 9.52 Å². The minimum absolute atomic E-state index is 0.0878. The Bertz CT molecular complexity index is 773. The second kappa shape index (κ2) is 7.28. The number of sulfonamides is 1. The first kappa shape index (κ1) is 17.0. The van der Waals surface area contributed by atoms with Gasteiger partial charge >= 0.3 is 0 Å². The molecule has 0 heterocycles. The Morgan fingerprint density at radius 1 is 1.09 bits per heavy atom. The van der Waals surface area contributed by atoms with Gasteiger partial charge in [-0.15, -0.1) is 0 Å². The van der Waals surface area contributed by atoms with E-state index in [9.17, 15) is 13.2 Å². The third kappa shape index (κ3) is 5.10. The lowest BCUT2D eigenvalue weighted by Gasteiger charge is -2.17. The normalized spacial score (nSPS) is 12.4. The average molecular weight is 332 g/mol.